The number of β-lactam (4-membered cyclic amide) rings is 1. The number of carboxylic acid groups (broad SMARTS) is 1. The fraction of sp³-hybridized carbons (Fsp3) is 0.650. The number of thioether (sulfide) groups is 1. The van der Waals surface area contributed by atoms with E-state index in [2.05, 4.69) is 15.5 Å². The summed E-state index contributed by atoms with van der Waals surface area (Å²) < 4.78 is -0.672. The van der Waals surface area contributed by atoms with Crippen LogP contribution in [0.2, 0.25) is 0 Å². The molecule has 1 aliphatic carbocycles. The molecule has 174 valence electrons. The summed E-state index contributed by atoms with van der Waals surface area (Å²) in [6.07, 6.45) is 6.10. The number of carbonyl (C=O) groups excluding carboxylic acids is 2. The van der Waals surface area contributed by atoms with Gasteiger partial charge in [-0.3, -0.25) is 9.59 Å². The van der Waals surface area contributed by atoms with Crippen molar-refractivity contribution in [3.63, 3.8) is 0 Å². The Balaban J connectivity index is 1.50. The van der Waals surface area contributed by atoms with E-state index in [4.69, 9.17) is 10.6 Å². The topological polar surface area (TPSA) is 147 Å². The van der Waals surface area contributed by atoms with E-state index in [-0.39, 0.29) is 17.5 Å². The zero-order valence-electron chi connectivity index (χ0n) is 17.9. The van der Waals surface area contributed by atoms with E-state index in [1.807, 2.05) is 0 Å². The summed E-state index contributed by atoms with van der Waals surface area (Å²) in [5, 5.41) is 17.9. The summed E-state index contributed by atoms with van der Waals surface area (Å²) in [6, 6.07) is -1.78. The Hall–Kier alpha value is -2.34. The first-order valence-electron chi connectivity index (χ1n) is 10.7. The van der Waals surface area contributed by atoms with Gasteiger partial charge in [0.2, 0.25) is 5.91 Å². The lowest BCUT2D eigenvalue weighted by Gasteiger charge is -2.43. The van der Waals surface area contributed by atoms with Crippen LogP contribution >= 0.6 is 23.1 Å². The summed E-state index contributed by atoms with van der Waals surface area (Å²) in [5.74, 6) is -2.07. The number of oxime groups is 1. The average Bonchev–Trinajstić information content (AvgIpc) is 3.13. The van der Waals surface area contributed by atoms with Crippen LogP contribution < -0.4 is 11.1 Å². The molecule has 12 heteroatoms. The van der Waals surface area contributed by atoms with Gasteiger partial charge in [0.25, 0.3) is 5.91 Å². The lowest BCUT2D eigenvalue weighted by atomic mass is 9.96. The summed E-state index contributed by atoms with van der Waals surface area (Å²) in [6.45, 7) is 3.57. The van der Waals surface area contributed by atoms with Gasteiger partial charge in [-0.25, -0.2) is 9.78 Å². The summed E-state index contributed by atoms with van der Waals surface area (Å²) in [7, 11) is 0. The number of nitrogens with one attached hydrogen (secondary N) is 1. The molecular weight excluding hydrogens is 454 g/mol. The third kappa shape index (κ3) is 4.29. The van der Waals surface area contributed by atoms with Crippen molar-refractivity contribution >= 4 is 51.7 Å². The smallest absolute Gasteiger partial charge is 0.327 e. The third-order valence-electron chi connectivity index (χ3n) is 6.04. The van der Waals surface area contributed by atoms with Gasteiger partial charge in [0.05, 0.1) is 0 Å². The molecular formula is C20H27N5O5S2. The third-order valence-corrected chi connectivity index (χ3v) is 8.28. The Morgan fingerprint density at radius 3 is 2.59 bits per heavy atom. The minimum atomic E-state index is -1.06. The number of carboxylic acids is 1. The van der Waals surface area contributed by atoms with Gasteiger partial charge in [0, 0.05) is 10.1 Å². The van der Waals surface area contributed by atoms with E-state index in [1.165, 1.54) is 28.0 Å². The van der Waals surface area contributed by atoms with Crippen molar-refractivity contribution in [1.82, 2.24) is 15.2 Å². The molecule has 2 saturated heterocycles. The van der Waals surface area contributed by atoms with E-state index in [0.717, 1.165) is 38.5 Å². The van der Waals surface area contributed by atoms with Gasteiger partial charge in [-0.15, -0.1) is 23.1 Å². The van der Waals surface area contributed by atoms with E-state index < -0.39 is 40.0 Å². The molecule has 4 rings (SSSR count). The van der Waals surface area contributed by atoms with Crippen LogP contribution in [0.15, 0.2) is 10.5 Å². The Kier molecular flexibility index (Phi) is 6.35. The number of fused-ring (bicyclic) bond motifs is 1. The zero-order chi connectivity index (χ0) is 23.0. The highest BCUT2D eigenvalue weighted by Gasteiger charge is 2.64. The number of rotatable bonds is 6. The molecule has 2 aliphatic heterocycles. The van der Waals surface area contributed by atoms with Gasteiger partial charge in [-0.05, 0) is 39.5 Å². The molecule has 0 radical (unpaired) electrons. The van der Waals surface area contributed by atoms with Crippen molar-refractivity contribution in [1.29, 1.82) is 0 Å². The van der Waals surface area contributed by atoms with Crippen LogP contribution in [0.4, 0.5) is 5.13 Å². The molecule has 0 aromatic carbocycles. The normalized spacial score (nSPS) is 27.9. The molecule has 0 unspecified atom stereocenters. The van der Waals surface area contributed by atoms with Crippen LogP contribution in [0.3, 0.4) is 0 Å². The van der Waals surface area contributed by atoms with Gasteiger partial charge >= 0.3 is 5.97 Å². The average molecular weight is 482 g/mol. The number of nitrogen functional groups attached to an aromatic ring is 1. The van der Waals surface area contributed by atoms with Crippen LogP contribution in [-0.2, 0) is 19.2 Å². The van der Waals surface area contributed by atoms with Crippen molar-refractivity contribution < 1.29 is 24.3 Å². The molecule has 1 aromatic rings. The van der Waals surface area contributed by atoms with Crippen molar-refractivity contribution in [3.05, 3.63) is 11.1 Å². The lowest BCUT2D eigenvalue weighted by molar-refractivity contribution is -0.160. The molecule has 3 atom stereocenters. The van der Waals surface area contributed by atoms with Gasteiger partial charge in [0.15, 0.2) is 10.8 Å². The van der Waals surface area contributed by atoms with Crippen molar-refractivity contribution in [2.45, 2.75) is 80.7 Å². The maximum atomic E-state index is 13.1. The van der Waals surface area contributed by atoms with Crippen LogP contribution in [0, 0.1) is 0 Å². The Morgan fingerprint density at radius 2 is 2.00 bits per heavy atom. The van der Waals surface area contributed by atoms with Crippen LogP contribution in [0.1, 0.15) is 58.1 Å². The van der Waals surface area contributed by atoms with E-state index in [9.17, 15) is 19.5 Å². The first-order chi connectivity index (χ1) is 15.2. The van der Waals surface area contributed by atoms with Crippen molar-refractivity contribution in [3.8, 4) is 0 Å². The minimum absolute atomic E-state index is 0.0366. The van der Waals surface area contributed by atoms with Gasteiger partial charge in [-0.1, -0.05) is 18.0 Å². The molecule has 1 saturated carbocycles. The van der Waals surface area contributed by atoms with Crippen LogP contribution in [0.25, 0.3) is 0 Å². The SMILES string of the molecule is CC1(C)S[C@@H]2[C@@H](NC(=O)/C(=N\OC3CCCCCC3)c3csc(N)n3)C(=O)N2[C@H]1C(=O)O. The summed E-state index contributed by atoms with van der Waals surface area (Å²) in [4.78, 5) is 48.7. The molecule has 0 spiro atoms. The van der Waals surface area contributed by atoms with E-state index in [0.29, 0.717) is 5.13 Å². The molecule has 3 aliphatic rings. The first-order valence-corrected chi connectivity index (χ1v) is 12.4. The predicted molar refractivity (Wildman–Crippen MR) is 121 cm³/mol. The van der Waals surface area contributed by atoms with Gasteiger partial charge < -0.3 is 25.9 Å². The fourth-order valence-electron chi connectivity index (χ4n) is 4.43. The zero-order valence-corrected chi connectivity index (χ0v) is 19.6. The molecule has 4 N–H and O–H groups in total. The largest absolute Gasteiger partial charge is 0.480 e. The number of amides is 2. The number of aliphatic carboxylic acids is 1. The second kappa shape index (κ2) is 8.89. The van der Waals surface area contributed by atoms with Crippen LogP contribution in [-0.4, -0.2) is 66.8 Å². The van der Waals surface area contributed by atoms with Gasteiger partial charge in [-0.2, -0.15) is 0 Å². The highest BCUT2D eigenvalue weighted by Crippen LogP contribution is 2.50. The molecule has 2 amide bonds. The molecule has 0 bridgehead atoms. The second-order valence-corrected chi connectivity index (χ2v) is 11.4. The number of carbonyl (C=O) groups is 3. The number of nitrogens with zero attached hydrogens (tertiary/aromatic N) is 3. The number of anilines is 1. The quantitative estimate of drug-likeness (QED) is 0.241. The Bertz CT molecular complexity index is 941. The minimum Gasteiger partial charge on any atom is -0.480 e. The van der Waals surface area contributed by atoms with E-state index in [1.54, 1.807) is 19.2 Å². The molecule has 3 fully saturated rings. The number of nitrogens with two attached hydrogens (primary N) is 1. The number of hydrogen-bond acceptors (Lipinski definition) is 9. The van der Waals surface area contributed by atoms with E-state index >= 15 is 0 Å². The summed E-state index contributed by atoms with van der Waals surface area (Å²) in [5.41, 5.74) is 5.99. The maximum absolute atomic E-state index is 13.1. The fourth-order valence-corrected chi connectivity index (χ4v) is 6.60. The Labute approximate surface area is 193 Å². The molecule has 10 nitrogen and oxygen atoms in total. The van der Waals surface area contributed by atoms with Crippen LogP contribution in [0.5, 0.6) is 0 Å². The second-order valence-electron chi connectivity index (χ2n) is 8.78. The van der Waals surface area contributed by atoms with Gasteiger partial charge in [0.1, 0.15) is 29.3 Å². The monoisotopic (exact) mass is 481 g/mol. The predicted octanol–water partition coefficient (Wildman–Crippen LogP) is 1.80. The standard InChI is InChI=1S/C20H27N5O5S2/c1-20(2)14(18(28)29)25-16(27)13(17(25)32-20)23-15(26)12(11-9-31-19(21)22-11)24-30-10-7-5-3-4-6-8-10/h9-10,13-14,17H,3-8H2,1-2H3,(H2,21,22)(H,23,26)(H,28,29)/b24-12-/t13-,14-,17+/m0/s1. The lowest BCUT2D eigenvalue weighted by Crippen LogP contribution is -2.71. The highest BCUT2D eigenvalue weighted by atomic mass is 32.2. The molecule has 3 heterocycles. The maximum Gasteiger partial charge on any atom is 0.327 e. The Morgan fingerprint density at radius 1 is 1.31 bits per heavy atom. The number of aromatic nitrogens is 1. The molecule has 32 heavy (non-hydrogen) atoms. The van der Waals surface area contributed by atoms with Crippen molar-refractivity contribution in [2.24, 2.45) is 5.16 Å². The number of hydrogen-bond donors (Lipinski definition) is 3. The molecule has 1 aromatic heterocycles. The highest BCUT2D eigenvalue weighted by molar-refractivity contribution is 8.01. The van der Waals surface area contributed by atoms with Crippen molar-refractivity contribution in [2.75, 3.05) is 5.73 Å². The first kappa shape index (κ1) is 22.8. The number of thiazole rings is 1. The summed E-state index contributed by atoms with van der Waals surface area (Å²) >= 11 is 2.54.